The summed E-state index contributed by atoms with van der Waals surface area (Å²) in [6.45, 7) is -2.92. The zero-order valence-electron chi connectivity index (χ0n) is 16.0. The number of thioether (sulfide) groups is 1. The van der Waals surface area contributed by atoms with E-state index in [-0.39, 0.29) is 11.3 Å². The maximum absolute atomic E-state index is 13.2. The molecule has 1 aromatic heterocycles. The molecule has 0 radical (unpaired) electrons. The highest BCUT2D eigenvalue weighted by atomic mass is 32.2. The Balaban J connectivity index is 1.76. The molecule has 0 saturated carbocycles. The van der Waals surface area contributed by atoms with Gasteiger partial charge in [-0.05, 0) is 54.1 Å². The number of benzene rings is 3. The topological polar surface area (TPSA) is 67.9 Å². The van der Waals surface area contributed by atoms with Gasteiger partial charge in [0, 0.05) is 5.75 Å². The fourth-order valence-corrected chi connectivity index (χ4v) is 4.05. The number of alkyl halides is 2. The Kier molecular flexibility index (Phi) is 5.96. The van der Waals surface area contributed by atoms with Crippen LogP contribution >= 0.6 is 11.8 Å². The molecule has 0 N–H and O–H groups in total. The third-order valence-corrected chi connectivity index (χ3v) is 5.50. The summed E-state index contributed by atoms with van der Waals surface area (Å²) in [7, 11) is 0. The fourth-order valence-electron chi connectivity index (χ4n) is 3.09. The van der Waals surface area contributed by atoms with Crippen molar-refractivity contribution in [1.29, 1.82) is 5.26 Å². The Morgan fingerprint density at radius 2 is 1.84 bits per heavy atom. The standard InChI is InChI=1S/C23H15F2N3O2S/c24-22(25)30-18-10-8-17(9-11-18)28-21(29)19-6-1-2-7-20(19)27-23(28)31-14-16-5-3-4-15(12-16)13-26/h1-12,22H,14H2. The molecule has 0 bridgehead atoms. The lowest BCUT2D eigenvalue weighted by Crippen LogP contribution is -2.21. The van der Waals surface area contributed by atoms with Gasteiger partial charge in [0.2, 0.25) is 0 Å². The van der Waals surface area contributed by atoms with E-state index in [9.17, 15) is 13.6 Å². The highest BCUT2D eigenvalue weighted by Crippen LogP contribution is 2.26. The number of nitriles is 1. The molecular formula is C23H15F2N3O2S. The van der Waals surface area contributed by atoms with Crippen molar-refractivity contribution in [2.75, 3.05) is 0 Å². The van der Waals surface area contributed by atoms with Gasteiger partial charge >= 0.3 is 6.61 Å². The molecule has 3 aromatic carbocycles. The van der Waals surface area contributed by atoms with E-state index in [2.05, 4.69) is 15.8 Å². The lowest BCUT2D eigenvalue weighted by Gasteiger charge is -2.14. The number of nitrogens with zero attached hydrogens (tertiary/aromatic N) is 3. The van der Waals surface area contributed by atoms with Crippen LogP contribution in [0.5, 0.6) is 5.75 Å². The van der Waals surface area contributed by atoms with Crippen molar-refractivity contribution >= 4 is 22.7 Å². The van der Waals surface area contributed by atoms with Gasteiger partial charge in [0.25, 0.3) is 5.56 Å². The first-order chi connectivity index (χ1) is 15.0. The van der Waals surface area contributed by atoms with Gasteiger partial charge in [-0.1, -0.05) is 36.0 Å². The molecule has 0 unspecified atom stereocenters. The molecule has 0 spiro atoms. The van der Waals surface area contributed by atoms with Crippen molar-refractivity contribution in [3.8, 4) is 17.5 Å². The van der Waals surface area contributed by atoms with Gasteiger partial charge in [-0.15, -0.1) is 0 Å². The third-order valence-electron chi connectivity index (χ3n) is 4.49. The molecule has 0 aliphatic carbocycles. The van der Waals surface area contributed by atoms with Gasteiger partial charge < -0.3 is 4.74 Å². The average molecular weight is 435 g/mol. The Morgan fingerprint density at radius 1 is 1.06 bits per heavy atom. The monoisotopic (exact) mass is 435 g/mol. The second-order valence-electron chi connectivity index (χ2n) is 6.53. The van der Waals surface area contributed by atoms with Crippen LogP contribution < -0.4 is 10.3 Å². The van der Waals surface area contributed by atoms with E-state index in [4.69, 9.17) is 5.26 Å². The molecule has 8 heteroatoms. The molecule has 31 heavy (non-hydrogen) atoms. The Labute approximate surface area is 180 Å². The van der Waals surface area contributed by atoms with Crippen LogP contribution in [0, 0.1) is 11.3 Å². The molecule has 1 heterocycles. The van der Waals surface area contributed by atoms with E-state index in [1.54, 1.807) is 42.5 Å². The lowest BCUT2D eigenvalue weighted by atomic mass is 10.2. The molecule has 0 aliphatic heterocycles. The molecule has 0 fully saturated rings. The number of para-hydroxylation sites is 1. The minimum atomic E-state index is -2.92. The average Bonchev–Trinajstić information content (AvgIpc) is 2.78. The first-order valence-corrected chi connectivity index (χ1v) is 10.2. The van der Waals surface area contributed by atoms with Crippen LogP contribution in [0.25, 0.3) is 16.6 Å². The van der Waals surface area contributed by atoms with Gasteiger partial charge in [-0.3, -0.25) is 9.36 Å². The summed E-state index contributed by atoms with van der Waals surface area (Å²) in [6.07, 6.45) is 0. The Bertz CT molecular complexity index is 1330. The van der Waals surface area contributed by atoms with Crippen LogP contribution in [-0.2, 0) is 5.75 Å². The summed E-state index contributed by atoms with van der Waals surface area (Å²) in [5, 5.41) is 10.0. The molecule has 0 amide bonds. The summed E-state index contributed by atoms with van der Waals surface area (Å²) in [4.78, 5) is 17.9. The van der Waals surface area contributed by atoms with Crippen molar-refractivity contribution in [1.82, 2.24) is 9.55 Å². The zero-order valence-corrected chi connectivity index (χ0v) is 16.9. The van der Waals surface area contributed by atoms with E-state index in [0.717, 1.165) is 5.56 Å². The van der Waals surface area contributed by atoms with Gasteiger partial charge in [-0.25, -0.2) is 4.98 Å². The van der Waals surface area contributed by atoms with Gasteiger partial charge in [0.05, 0.1) is 28.2 Å². The quantitative estimate of drug-likeness (QED) is 0.309. The molecule has 154 valence electrons. The smallest absolute Gasteiger partial charge is 0.387 e. The first-order valence-electron chi connectivity index (χ1n) is 9.24. The van der Waals surface area contributed by atoms with E-state index in [1.165, 1.54) is 40.6 Å². The molecular weight excluding hydrogens is 420 g/mol. The van der Waals surface area contributed by atoms with Crippen LogP contribution in [0.3, 0.4) is 0 Å². The van der Waals surface area contributed by atoms with Crippen molar-refractivity contribution in [2.24, 2.45) is 0 Å². The maximum Gasteiger partial charge on any atom is 0.387 e. The van der Waals surface area contributed by atoms with Gasteiger partial charge in [0.1, 0.15) is 5.75 Å². The predicted octanol–water partition coefficient (Wildman–Crippen LogP) is 5.15. The number of hydrogen-bond acceptors (Lipinski definition) is 5. The minimum absolute atomic E-state index is 0.00284. The van der Waals surface area contributed by atoms with Crippen molar-refractivity contribution < 1.29 is 13.5 Å². The largest absolute Gasteiger partial charge is 0.435 e. The zero-order chi connectivity index (χ0) is 21.8. The molecule has 0 atom stereocenters. The lowest BCUT2D eigenvalue weighted by molar-refractivity contribution is -0.0498. The Hall–Kier alpha value is -3.70. The summed E-state index contributed by atoms with van der Waals surface area (Å²) in [5.74, 6) is 0.496. The minimum Gasteiger partial charge on any atom is -0.435 e. The summed E-state index contributed by atoms with van der Waals surface area (Å²) < 4.78 is 30.7. The predicted molar refractivity (Wildman–Crippen MR) is 115 cm³/mol. The number of hydrogen-bond donors (Lipinski definition) is 0. The van der Waals surface area contributed by atoms with Crippen LogP contribution in [0.4, 0.5) is 8.78 Å². The summed E-state index contributed by atoms with van der Waals surface area (Å²) >= 11 is 1.35. The maximum atomic E-state index is 13.2. The normalized spacial score (nSPS) is 10.9. The molecule has 0 aliphatic rings. The van der Waals surface area contributed by atoms with E-state index >= 15 is 0 Å². The van der Waals surface area contributed by atoms with Crippen LogP contribution in [0.1, 0.15) is 11.1 Å². The fraction of sp³-hybridized carbons (Fsp3) is 0.0870. The molecule has 4 rings (SSSR count). The highest BCUT2D eigenvalue weighted by molar-refractivity contribution is 7.98. The first kappa shape index (κ1) is 20.6. The van der Waals surface area contributed by atoms with E-state index in [1.807, 2.05) is 6.07 Å². The third kappa shape index (κ3) is 4.57. The SMILES string of the molecule is N#Cc1cccc(CSc2nc3ccccc3c(=O)n2-c2ccc(OC(F)F)cc2)c1. The molecule has 4 aromatic rings. The number of ether oxygens (including phenoxy) is 1. The molecule has 5 nitrogen and oxygen atoms in total. The van der Waals surface area contributed by atoms with Crippen molar-refractivity contribution in [2.45, 2.75) is 17.5 Å². The Morgan fingerprint density at radius 3 is 2.58 bits per heavy atom. The van der Waals surface area contributed by atoms with Gasteiger partial charge in [0.15, 0.2) is 5.16 Å². The second kappa shape index (κ2) is 8.98. The summed E-state index contributed by atoms with van der Waals surface area (Å²) in [5.41, 5.74) is 2.25. The highest BCUT2D eigenvalue weighted by Gasteiger charge is 2.14. The van der Waals surface area contributed by atoms with Crippen molar-refractivity contribution in [3.05, 3.63) is 94.3 Å². The van der Waals surface area contributed by atoms with Gasteiger partial charge in [-0.2, -0.15) is 14.0 Å². The van der Waals surface area contributed by atoms with Crippen LogP contribution in [0.15, 0.2) is 82.7 Å². The summed E-state index contributed by atoms with van der Waals surface area (Å²) in [6, 6.07) is 22.2. The number of aromatic nitrogens is 2. The number of fused-ring (bicyclic) bond motifs is 1. The molecule has 0 saturated heterocycles. The number of rotatable bonds is 6. The van der Waals surface area contributed by atoms with Crippen molar-refractivity contribution in [3.63, 3.8) is 0 Å². The van der Waals surface area contributed by atoms with Crippen LogP contribution in [0.2, 0.25) is 0 Å². The number of halogens is 2. The van der Waals surface area contributed by atoms with E-state index in [0.29, 0.717) is 33.1 Å². The second-order valence-corrected chi connectivity index (χ2v) is 7.47. The van der Waals surface area contributed by atoms with E-state index < -0.39 is 6.61 Å². The van der Waals surface area contributed by atoms with Crippen LogP contribution in [-0.4, -0.2) is 16.2 Å².